The zero-order chi connectivity index (χ0) is 11.4. The monoisotopic (exact) mass is 243 g/mol. The number of hydrogen-bond acceptors (Lipinski definition) is 2. The number of alkyl halides is 1. The molecule has 1 aliphatic carbocycles. The summed E-state index contributed by atoms with van der Waals surface area (Å²) in [6.45, 7) is 2.28. The highest BCUT2D eigenvalue weighted by Gasteiger charge is 2.26. The quantitative estimate of drug-likeness (QED) is 0.606. The maximum absolute atomic E-state index is 9.26. The zero-order valence-corrected chi connectivity index (χ0v) is 10.6. The molecule has 0 aromatic carbocycles. The van der Waals surface area contributed by atoms with Crippen LogP contribution < -0.4 is 0 Å². The maximum atomic E-state index is 9.26. The van der Waals surface area contributed by atoms with Crippen LogP contribution in [0.1, 0.15) is 44.9 Å². The van der Waals surface area contributed by atoms with Crippen molar-refractivity contribution in [1.82, 2.24) is 4.90 Å². The van der Waals surface area contributed by atoms with E-state index in [9.17, 15) is 5.11 Å². The Morgan fingerprint density at radius 3 is 3.00 bits per heavy atom. The van der Waals surface area contributed by atoms with Gasteiger partial charge in [0.25, 0.3) is 0 Å². The summed E-state index contributed by atoms with van der Waals surface area (Å²) >= 11 is 5.68. The molecular weight excluding hydrogens is 222 g/mol. The Kier molecular flexibility index (Phi) is 4.68. The van der Waals surface area contributed by atoms with E-state index in [1.807, 2.05) is 0 Å². The first kappa shape index (κ1) is 12.4. The second-order valence-corrected chi connectivity index (χ2v) is 5.55. The molecular formula is C13H22ClNO. The largest absolute Gasteiger partial charge is 0.378 e. The third-order valence-corrected chi connectivity index (χ3v) is 3.94. The van der Waals surface area contributed by atoms with Gasteiger partial charge in [-0.1, -0.05) is 23.3 Å². The van der Waals surface area contributed by atoms with Crippen LogP contribution in [-0.2, 0) is 0 Å². The van der Waals surface area contributed by atoms with Gasteiger partial charge in [-0.15, -0.1) is 0 Å². The Hall–Kier alpha value is -0.0500. The minimum Gasteiger partial charge on any atom is -0.378 e. The molecule has 2 rings (SSSR count). The fourth-order valence-electron chi connectivity index (χ4n) is 2.90. The Balaban J connectivity index is 1.85. The summed E-state index contributed by atoms with van der Waals surface area (Å²) in [5, 5.41) is 9.26. The van der Waals surface area contributed by atoms with Gasteiger partial charge in [0.15, 0.2) is 0 Å². The van der Waals surface area contributed by atoms with E-state index in [-0.39, 0.29) is 0 Å². The van der Waals surface area contributed by atoms with Gasteiger partial charge in [0.2, 0.25) is 0 Å². The standard InChI is InChI=1S/C13H22ClNO/c14-13(16)9-12-7-4-8-15(12)10-11-5-2-1-3-6-11/h5,12-13,16H,1-4,6-10H2. The van der Waals surface area contributed by atoms with Gasteiger partial charge in [0.05, 0.1) is 0 Å². The van der Waals surface area contributed by atoms with E-state index in [4.69, 9.17) is 11.6 Å². The molecule has 0 bridgehead atoms. The lowest BCUT2D eigenvalue weighted by molar-refractivity contribution is 0.179. The van der Waals surface area contributed by atoms with Crippen molar-refractivity contribution in [2.45, 2.75) is 56.6 Å². The molecule has 0 aromatic heterocycles. The second kappa shape index (κ2) is 6.04. The number of likely N-dealkylation sites (tertiary alicyclic amines) is 1. The molecule has 1 N–H and O–H groups in total. The molecule has 0 spiro atoms. The molecule has 2 aliphatic rings. The van der Waals surface area contributed by atoms with Crippen molar-refractivity contribution in [3.8, 4) is 0 Å². The molecule has 2 nitrogen and oxygen atoms in total. The van der Waals surface area contributed by atoms with Gasteiger partial charge in [-0.05, 0) is 45.1 Å². The smallest absolute Gasteiger partial charge is 0.129 e. The van der Waals surface area contributed by atoms with Crippen LogP contribution in [-0.4, -0.2) is 34.7 Å². The highest BCUT2D eigenvalue weighted by atomic mass is 35.5. The van der Waals surface area contributed by atoms with Crippen molar-refractivity contribution in [1.29, 1.82) is 0 Å². The first-order chi connectivity index (χ1) is 7.75. The number of halogens is 1. The Labute approximate surface area is 103 Å². The van der Waals surface area contributed by atoms with Crippen molar-refractivity contribution in [3.63, 3.8) is 0 Å². The topological polar surface area (TPSA) is 23.5 Å². The van der Waals surface area contributed by atoms with E-state index < -0.39 is 5.56 Å². The molecule has 0 aromatic rings. The third-order valence-electron chi connectivity index (χ3n) is 3.76. The van der Waals surface area contributed by atoms with Crippen LogP contribution >= 0.6 is 11.6 Å². The number of aliphatic hydroxyl groups excluding tert-OH is 1. The average molecular weight is 244 g/mol. The van der Waals surface area contributed by atoms with Gasteiger partial charge in [0, 0.05) is 19.0 Å². The van der Waals surface area contributed by atoms with Crippen molar-refractivity contribution >= 4 is 11.6 Å². The molecule has 2 unspecified atom stereocenters. The molecule has 0 amide bonds. The van der Waals surface area contributed by atoms with Gasteiger partial charge in [-0.25, -0.2) is 0 Å². The number of aliphatic hydroxyl groups is 1. The summed E-state index contributed by atoms with van der Waals surface area (Å²) in [5.74, 6) is 0. The van der Waals surface area contributed by atoms with E-state index in [0.717, 1.165) is 13.0 Å². The molecule has 92 valence electrons. The molecule has 0 radical (unpaired) electrons. The molecule has 3 heteroatoms. The molecule has 2 atom stereocenters. The number of allylic oxidation sites excluding steroid dienone is 1. The minimum absolute atomic E-state index is 0.496. The van der Waals surface area contributed by atoms with Crippen molar-refractivity contribution in [2.75, 3.05) is 13.1 Å². The first-order valence-electron chi connectivity index (χ1n) is 6.50. The number of rotatable bonds is 4. The summed E-state index contributed by atoms with van der Waals surface area (Å²) in [6, 6.07) is 0.496. The average Bonchev–Trinajstić information content (AvgIpc) is 2.66. The predicted molar refractivity (Wildman–Crippen MR) is 67.6 cm³/mol. The molecule has 1 aliphatic heterocycles. The van der Waals surface area contributed by atoms with E-state index in [1.54, 1.807) is 5.57 Å². The Morgan fingerprint density at radius 2 is 2.31 bits per heavy atom. The van der Waals surface area contributed by atoms with E-state index in [2.05, 4.69) is 11.0 Å². The third kappa shape index (κ3) is 3.47. The lowest BCUT2D eigenvalue weighted by Gasteiger charge is -2.27. The summed E-state index contributed by atoms with van der Waals surface area (Å²) < 4.78 is 0. The minimum atomic E-state index is -0.675. The van der Waals surface area contributed by atoms with Crippen molar-refractivity contribution in [3.05, 3.63) is 11.6 Å². The molecule has 1 heterocycles. The van der Waals surface area contributed by atoms with Gasteiger partial charge in [-0.2, -0.15) is 0 Å². The Bertz CT molecular complexity index is 252. The normalized spacial score (nSPS) is 29.1. The van der Waals surface area contributed by atoms with Crippen molar-refractivity contribution in [2.24, 2.45) is 0 Å². The molecule has 1 fully saturated rings. The molecule has 1 saturated heterocycles. The summed E-state index contributed by atoms with van der Waals surface area (Å²) in [4.78, 5) is 2.50. The lowest BCUT2D eigenvalue weighted by atomic mass is 9.99. The van der Waals surface area contributed by atoms with Crippen LogP contribution in [0.15, 0.2) is 11.6 Å². The van der Waals surface area contributed by atoms with Gasteiger partial charge in [-0.3, -0.25) is 4.90 Å². The van der Waals surface area contributed by atoms with E-state index in [1.165, 1.54) is 45.1 Å². The summed E-state index contributed by atoms with van der Waals surface area (Å²) in [7, 11) is 0. The van der Waals surface area contributed by atoms with Crippen LogP contribution in [0.4, 0.5) is 0 Å². The maximum Gasteiger partial charge on any atom is 0.129 e. The Morgan fingerprint density at radius 1 is 1.44 bits per heavy atom. The van der Waals surface area contributed by atoms with Gasteiger partial charge in [0.1, 0.15) is 5.56 Å². The SMILES string of the molecule is OC(Cl)CC1CCCN1CC1=CCCCC1. The highest BCUT2D eigenvalue weighted by Crippen LogP contribution is 2.26. The van der Waals surface area contributed by atoms with Crippen LogP contribution in [0.2, 0.25) is 0 Å². The fraction of sp³-hybridized carbons (Fsp3) is 0.846. The molecule has 16 heavy (non-hydrogen) atoms. The second-order valence-electron chi connectivity index (χ2n) is 5.04. The van der Waals surface area contributed by atoms with E-state index in [0.29, 0.717) is 6.04 Å². The predicted octanol–water partition coefficient (Wildman–Crippen LogP) is 2.90. The van der Waals surface area contributed by atoms with Crippen LogP contribution in [0.25, 0.3) is 0 Å². The van der Waals surface area contributed by atoms with Crippen LogP contribution in [0, 0.1) is 0 Å². The molecule has 0 saturated carbocycles. The summed E-state index contributed by atoms with van der Waals surface area (Å²) in [5.41, 5.74) is 0.924. The number of hydrogen-bond donors (Lipinski definition) is 1. The highest BCUT2D eigenvalue weighted by molar-refractivity contribution is 6.19. The summed E-state index contributed by atoms with van der Waals surface area (Å²) in [6.07, 6.45) is 10.8. The number of nitrogens with zero attached hydrogens (tertiary/aromatic N) is 1. The van der Waals surface area contributed by atoms with Crippen molar-refractivity contribution < 1.29 is 5.11 Å². The van der Waals surface area contributed by atoms with Crippen LogP contribution in [0.3, 0.4) is 0 Å². The van der Waals surface area contributed by atoms with Crippen LogP contribution in [0.5, 0.6) is 0 Å². The first-order valence-corrected chi connectivity index (χ1v) is 6.93. The van der Waals surface area contributed by atoms with Gasteiger partial charge < -0.3 is 5.11 Å². The fourth-order valence-corrected chi connectivity index (χ4v) is 3.11. The van der Waals surface area contributed by atoms with Gasteiger partial charge >= 0.3 is 0 Å². The lowest BCUT2D eigenvalue weighted by Crippen LogP contribution is -2.33. The zero-order valence-electron chi connectivity index (χ0n) is 9.87. The van der Waals surface area contributed by atoms with E-state index >= 15 is 0 Å².